The Morgan fingerprint density at radius 2 is 2.04 bits per heavy atom. The van der Waals surface area contributed by atoms with Crippen LogP contribution in [-0.2, 0) is 4.79 Å². The Hall–Kier alpha value is -2.70. The van der Waals surface area contributed by atoms with Crippen LogP contribution in [0.25, 0.3) is 17.0 Å². The summed E-state index contributed by atoms with van der Waals surface area (Å²) in [5.74, 6) is 1.48. The Labute approximate surface area is 157 Å². The molecular formula is C20H23N5O2. The Bertz CT molecular complexity index is 1020. The molecule has 0 N–H and O–H groups in total. The molecule has 1 saturated carbocycles. The maximum Gasteiger partial charge on any atom is 0.225 e. The molecule has 1 amide bonds. The van der Waals surface area contributed by atoms with Crippen LogP contribution >= 0.6 is 0 Å². The highest BCUT2D eigenvalue weighted by molar-refractivity contribution is 5.81. The van der Waals surface area contributed by atoms with Crippen molar-refractivity contribution < 1.29 is 9.32 Å². The first kappa shape index (κ1) is 16.5. The van der Waals surface area contributed by atoms with Crippen molar-refractivity contribution in [2.75, 3.05) is 13.1 Å². The van der Waals surface area contributed by atoms with Gasteiger partial charge in [-0.25, -0.2) is 9.50 Å². The average molecular weight is 365 g/mol. The minimum Gasteiger partial charge on any atom is -0.356 e. The van der Waals surface area contributed by atoms with Crippen molar-refractivity contribution in [3.05, 3.63) is 35.4 Å². The third-order valence-electron chi connectivity index (χ3n) is 5.58. The van der Waals surface area contributed by atoms with Gasteiger partial charge in [0.2, 0.25) is 5.91 Å². The fraction of sp³-hybridized carbons (Fsp3) is 0.500. The number of carbonyl (C=O) groups is 1. The number of rotatable bonds is 3. The van der Waals surface area contributed by atoms with Crippen LogP contribution in [0.1, 0.15) is 48.7 Å². The minimum absolute atomic E-state index is 0.201. The predicted molar refractivity (Wildman–Crippen MR) is 99.2 cm³/mol. The molecule has 140 valence electrons. The topological polar surface area (TPSA) is 76.5 Å². The van der Waals surface area contributed by atoms with Crippen molar-refractivity contribution in [3.63, 3.8) is 0 Å². The zero-order valence-electron chi connectivity index (χ0n) is 15.7. The average Bonchev–Trinajstić information content (AvgIpc) is 3.32. The lowest BCUT2D eigenvalue weighted by Crippen LogP contribution is -2.40. The molecule has 0 radical (unpaired) electrons. The molecule has 5 rings (SSSR count). The first-order valence-electron chi connectivity index (χ1n) is 9.68. The van der Waals surface area contributed by atoms with E-state index in [2.05, 4.69) is 15.2 Å². The van der Waals surface area contributed by atoms with Crippen LogP contribution in [0.15, 0.2) is 22.9 Å². The van der Waals surface area contributed by atoms with Gasteiger partial charge in [-0.1, -0.05) is 5.16 Å². The molecule has 1 saturated heterocycles. The van der Waals surface area contributed by atoms with Crippen molar-refractivity contribution in [1.29, 1.82) is 0 Å². The summed E-state index contributed by atoms with van der Waals surface area (Å²) in [5.41, 5.74) is 4.57. The van der Waals surface area contributed by atoms with Crippen LogP contribution in [0.5, 0.6) is 0 Å². The summed E-state index contributed by atoms with van der Waals surface area (Å²) in [6.45, 7) is 5.47. The highest BCUT2D eigenvalue weighted by atomic mass is 16.5. The largest absolute Gasteiger partial charge is 0.356 e. The normalized spacial score (nSPS) is 20.4. The number of amides is 1. The van der Waals surface area contributed by atoms with Gasteiger partial charge in [0.1, 0.15) is 0 Å². The third kappa shape index (κ3) is 2.91. The second-order valence-corrected chi connectivity index (χ2v) is 7.84. The number of aryl methyl sites for hydroxylation is 2. The molecule has 0 spiro atoms. The number of fused-ring (bicyclic) bond motifs is 1. The molecule has 2 fully saturated rings. The molecule has 4 heterocycles. The summed E-state index contributed by atoms with van der Waals surface area (Å²) in [5, 5.41) is 8.73. The number of piperidine rings is 1. The predicted octanol–water partition coefficient (Wildman–Crippen LogP) is 3.12. The molecule has 0 aromatic carbocycles. The van der Waals surface area contributed by atoms with E-state index in [0.29, 0.717) is 11.7 Å². The maximum atomic E-state index is 12.6. The third-order valence-corrected chi connectivity index (χ3v) is 5.58. The lowest BCUT2D eigenvalue weighted by Gasteiger charge is -2.33. The van der Waals surface area contributed by atoms with Gasteiger partial charge >= 0.3 is 0 Å². The number of carbonyl (C=O) groups excluding carboxylic acids is 1. The van der Waals surface area contributed by atoms with E-state index in [4.69, 9.17) is 4.52 Å². The standard InChI is InChI=1S/C20H23N5O2/c1-12-9-18-21-10-16(17-8-13(2)23-27-17)19(25(18)22-12)15-4-3-7-24(11-15)20(26)14-5-6-14/h8-10,14-15H,3-7,11H2,1-2H3. The summed E-state index contributed by atoms with van der Waals surface area (Å²) in [6.07, 6.45) is 5.96. The number of hydrogen-bond donors (Lipinski definition) is 0. The zero-order chi connectivity index (χ0) is 18.5. The summed E-state index contributed by atoms with van der Waals surface area (Å²) in [6, 6.07) is 3.91. The van der Waals surface area contributed by atoms with Crippen molar-refractivity contribution in [1.82, 2.24) is 24.7 Å². The lowest BCUT2D eigenvalue weighted by molar-refractivity contribution is -0.133. The molecule has 1 atom stereocenters. The second-order valence-electron chi connectivity index (χ2n) is 7.84. The number of nitrogens with zero attached hydrogens (tertiary/aromatic N) is 5. The van der Waals surface area contributed by atoms with Crippen molar-refractivity contribution >= 4 is 11.6 Å². The second kappa shape index (κ2) is 6.18. The molecule has 7 nitrogen and oxygen atoms in total. The van der Waals surface area contributed by atoms with Gasteiger partial charge in [0.15, 0.2) is 11.4 Å². The summed E-state index contributed by atoms with van der Waals surface area (Å²) in [7, 11) is 0. The quantitative estimate of drug-likeness (QED) is 0.713. The van der Waals surface area contributed by atoms with Gasteiger partial charge in [0.05, 0.1) is 22.6 Å². The van der Waals surface area contributed by atoms with E-state index in [1.165, 1.54) is 0 Å². The fourth-order valence-corrected chi connectivity index (χ4v) is 4.13. The van der Waals surface area contributed by atoms with E-state index in [9.17, 15) is 4.79 Å². The zero-order valence-corrected chi connectivity index (χ0v) is 15.7. The van der Waals surface area contributed by atoms with E-state index in [1.807, 2.05) is 41.6 Å². The van der Waals surface area contributed by atoms with Crippen LogP contribution < -0.4 is 0 Å². The molecule has 3 aromatic heterocycles. The molecule has 27 heavy (non-hydrogen) atoms. The van der Waals surface area contributed by atoms with Crippen LogP contribution in [0.4, 0.5) is 0 Å². The Morgan fingerprint density at radius 3 is 2.78 bits per heavy atom. The van der Waals surface area contributed by atoms with Crippen molar-refractivity contribution in [2.24, 2.45) is 5.92 Å². The van der Waals surface area contributed by atoms with Crippen LogP contribution in [0.2, 0.25) is 0 Å². The van der Waals surface area contributed by atoms with Gasteiger partial charge in [0.25, 0.3) is 0 Å². The van der Waals surface area contributed by atoms with E-state index < -0.39 is 0 Å². The van der Waals surface area contributed by atoms with Crippen LogP contribution in [0, 0.1) is 19.8 Å². The smallest absolute Gasteiger partial charge is 0.225 e. The lowest BCUT2D eigenvalue weighted by atomic mass is 9.91. The molecule has 1 aliphatic heterocycles. The van der Waals surface area contributed by atoms with Gasteiger partial charge in [-0.05, 0) is 39.5 Å². The Morgan fingerprint density at radius 1 is 1.19 bits per heavy atom. The molecule has 7 heteroatoms. The van der Waals surface area contributed by atoms with Gasteiger partial charge in [-0.15, -0.1) is 0 Å². The van der Waals surface area contributed by atoms with E-state index in [1.54, 1.807) is 0 Å². The van der Waals surface area contributed by atoms with Gasteiger partial charge in [0, 0.05) is 43.3 Å². The summed E-state index contributed by atoms with van der Waals surface area (Å²) >= 11 is 0. The van der Waals surface area contributed by atoms with Crippen LogP contribution in [-0.4, -0.2) is 43.7 Å². The van der Waals surface area contributed by atoms with E-state index in [0.717, 1.165) is 67.1 Å². The molecule has 3 aromatic rings. The number of aromatic nitrogens is 4. The number of hydrogen-bond acceptors (Lipinski definition) is 5. The maximum absolute atomic E-state index is 12.6. The molecule has 1 aliphatic carbocycles. The minimum atomic E-state index is 0.201. The SMILES string of the molecule is Cc1cc(-c2cnc3cc(C)nn3c2C2CCCN(C(=O)C3CC3)C2)on1. The van der Waals surface area contributed by atoms with Gasteiger partial charge < -0.3 is 9.42 Å². The molecule has 2 aliphatic rings. The highest BCUT2D eigenvalue weighted by Gasteiger charge is 2.37. The Balaban J connectivity index is 1.60. The molecule has 0 bridgehead atoms. The monoisotopic (exact) mass is 365 g/mol. The first-order valence-corrected chi connectivity index (χ1v) is 9.68. The number of likely N-dealkylation sites (tertiary alicyclic amines) is 1. The van der Waals surface area contributed by atoms with Crippen molar-refractivity contribution in [2.45, 2.75) is 45.4 Å². The van der Waals surface area contributed by atoms with E-state index in [-0.39, 0.29) is 11.8 Å². The van der Waals surface area contributed by atoms with Crippen molar-refractivity contribution in [3.8, 4) is 11.3 Å². The fourth-order valence-electron chi connectivity index (χ4n) is 4.13. The summed E-state index contributed by atoms with van der Waals surface area (Å²) < 4.78 is 7.48. The van der Waals surface area contributed by atoms with Gasteiger partial charge in [-0.2, -0.15) is 5.10 Å². The Kier molecular flexibility index (Phi) is 3.77. The highest BCUT2D eigenvalue weighted by Crippen LogP contribution is 2.37. The first-order chi connectivity index (χ1) is 13.1. The summed E-state index contributed by atoms with van der Waals surface area (Å²) in [4.78, 5) is 19.2. The van der Waals surface area contributed by atoms with Crippen LogP contribution in [0.3, 0.4) is 0 Å². The molecular weight excluding hydrogens is 342 g/mol. The van der Waals surface area contributed by atoms with Gasteiger partial charge in [-0.3, -0.25) is 4.79 Å². The molecule has 1 unspecified atom stereocenters. The van der Waals surface area contributed by atoms with E-state index >= 15 is 0 Å².